The Balaban J connectivity index is 0.000000321. The average Bonchev–Trinajstić information content (AvgIpc) is 2.40. The molecule has 0 amide bonds. The molecule has 0 bridgehead atoms. The number of unbranched alkanes of at least 4 members (excludes halogenated alkanes) is 2. The highest BCUT2D eigenvalue weighted by atomic mass is 16.1. The minimum Gasteiger partial charge on any atom is -0.317 e. The minimum absolute atomic E-state index is 0.121. The van der Waals surface area contributed by atoms with E-state index in [2.05, 4.69) is 19.2 Å². The Morgan fingerprint density at radius 3 is 1.83 bits per heavy atom. The van der Waals surface area contributed by atoms with Crippen LogP contribution < -0.4 is 5.32 Å². The monoisotopic (exact) mass is 249 g/mol. The van der Waals surface area contributed by atoms with Crippen LogP contribution in [0.1, 0.15) is 56.8 Å². The van der Waals surface area contributed by atoms with Gasteiger partial charge in [-0.3, -0.25) is 4.79 Å². The van der Waals surface area contributed by atoms with E-state index in [0.717, 1.165) is 5.56 Å². The Bertz CT molecular complexity index is 289. The Labute approximate surface area is 112 Å². The van der Waals surface area contributed by atoms with Crippen LogP contribution in [0.5, 0.6) is 0 Å². The summed E-state index contributed by atoms with van der Waals surface area (Å²) in [5.41, 5.74) is 0.775. The van der Waals surface area contributed by atoms with Gasteiger partial charge in [0.25, 0.3) is 0 Å². The molecular formula is C16H27NO. The maximum atomic E-state index is 10.6. The number of rotatable bonds is 7. The molecule has 0 aliphatic heterocycles. The Kier molecular flexibility index (Phi) is 11.5. The second-order valence-electron chi connectivity index (χ2n) is 4.38. The van der Waals surface area contributed by atoms with Crippen LogP contribution in [-0.4, -0.2) is 18.9 Å². The zero-order valence-corrected chi connectivity index (χ0v) is 12.0. The van der Waals surface area contributed by atoms with Crippen LogP contribution in [0.25, 0.3) is 0 Å². The summed E-state index contributed by atoms with van der Waals surface area (Å²) in [5, 5.41) is 3.39. The number of nitrogens with one attached hydrogen (secondary N) is 1. The molecule has 0 fully saturated rings. The predicted molar refractivity (Wildman–Crippen MR) is 79.1 cm³/mol. The van der Waals surface area contributed by atoms with Gasteiger partial charge >= 0.3 is 0 Å². The van der Waals surface area contributed by atoms with E-state index in [1.807, 2.05) is 30.3 Å². The fourth-order valence-electron chi connectivity index (χ4n) is 1.40. The Morgan fingerprint density at radius 2 is 1.50 bits per heavy atom. The van der Waals surface area contributed by atoms with Gasteiger partial charge in [0.1, 0.15) is 0 Å². The average molecular weight is 249 g/mol. The van der Waals surface area contributed by atoms with Gasteiger partial charge in [-0.2, -0.15) is 0 Å². The third-order valence-corrected chi connectivity index (χ3v) is 2.59. The second-order valence-corrected chi connectivity index (χ2v) is 4.38. The third-order valence-electron chi connectivity index (χ3n) is 2.59. The molecule has 18 heavy (non-hydrogen) atoms. The summed E-state index contributed by atoms with van der Waals surface area (Å²) in [5.74, 6) is 0.121. The van der Waals surface area contributed by atoms with Crippen LogP contribution in [0, 0.1) is 0 Å². The molecular weight excluding hydrogens is 222 g/mol. The summed E-state index contributed by atoms with van der Waals surface area (Å²) in [6.07, 6.45) is 5.26. The minimum atomic E-state index is 0.121. The van der Waals surface area contributed by atoms with E-state index in [-0.39, 0.29) is 5.78 Å². The van der Waals surface area contributed by atoms with Crippen molar-refractivity contribution in [1.82, 2.24) is 5.32 Å². The first-order chi connectivity index (χ1) is 8.72. The predicted octanol–water partition coefficient (Wildman–Crippen LogP) is 4.07. The van der Waals surface area contributed by atoms with Gasteiger partial charge in [-0.05, 0) is 32.9 Å². The fraction of sp³-hybridized carbons (Fsp3) is 0.562. The summed E-state index contributed by atoms with van der Waals surface area (Å²) in [6.45, 7) is 8.42. The van der Waals surface area contributed by atoms with E-state index in [9.17, 15) is 4.79 Å². The molecule has 1 aromatic rings. The van der Waals surface area contributed by atoms with Crippen molar-refractivity contribution < 1.29 is 4.79 Å². The molecule has 0 aromatic heterocycles. The van der Waals surface area contributed by atoms with Crippen LogP contribution in [0.4, 0.5) is 0 Å². The number of hydrogen-bond donors (Lipinski definition) is 1. The maximum Gasteiger partial charge on any atom is 0.159 e. The number of benzene rings is 1. The molecule has 0 atom stereocenters. The van der Waals surface area contributed by atoms with E-state index in [1.165, 1.54) is 38.8 Å². The van der Waals surface area contributed by atoms with Crippen LogP contribution >= 0.6 is 0 Å². The van der Waals surface area contributed by atoms with Crippen LogP contribution in [-0.2, 0) is 0 Å². The van der Waals surface area contributed by atoms with Gasteiger partial charge < -0.3 is 5.32 Å². The van der Waals surface area contributed by atoms with Gasteiger partial charge in [0.05, 0.1) is 0 Å². The molecule has 0 aliphatic rings. The van der Waals surface area contributed by atoms with Crippen molar-refractivity contribution in [3.8, 4) is 0 Å². The van der Waals surface area contributed by atoms with Crippen molar-refractivity contribution in [1.29, 1.82) is 0 Å². The zero-order valence-electron chi connectivity index (χ0n) is 12.0. The van der Waals surface area contributed by atoms with Crippen molar-refractivity contribution in [2.24, 2.45) is 0 Å². The molecule has 1 rings (SSSR count). The summed E-state index contributed by atoms with van der Waals surface area (Å²) in [6, 6.07) is 9.23. The van der Waals surface area contributed by atoms with Gasteiger partial charge in [-0.1, -0.05) is 57.0 Å². The van der Waals surface area contributed by atoms with Crippen LogP contribution in [0.15, 0.2) is 30.3 Å². The number of carbonyl (C=O) groups excluding carboxylic acids is 1. The van der Waals surface area contributed by atoms with Gasteiger partial charge in [-0.15, -0.1) is 0 Å². The van der Waals surface area contributed by atoms with Crippen LogP contribution in [0.3, 0.4) is 0 Å². The van der Waals surface area contributed by atoms with E-state index >= 15 is 0 Å². The van der Waals surface area contributed by atoms with E-state index < -0.39 is 0 Å². The summed E-state index contributed by atoms with van der Waals surface area (Å²) in [4.78, 5) is 10.6. The molecule has 0 aliphatic carbocycles. The third kappa shape index (κ3) is 10.0. The fourth-order valence-corrected chi connectivity index (χ4v) is 1.40. The Hall–Kier alpha value is -1.15. The number of carbonyl (C=O) groups is 1. The highest BCUT2D eigenvalue weighted by molar-refractivity contribution is 5.93. The maximum absolute atomic E-state index is 10.6. The molecule has 2 heteroatoms. The van der Waals surface area contributed by atoms with Crippen molar-refractivity contribution in [3.05, 3.63) is 35.9 Å². The van der Waals surface area contributed by atoms with E-state index in [1.54, 1.807) is 6.92 Å². The van der Waals surface area contributed by atoms with Gasteiger partial charge in [-0.25, -0.2) is 0 Å². The number of hydrogen-bond acceptors (Lipinski definition) is 2. The molecule has 0 radical (unpaired) electrons. The quantitative estimate of drug-likeness (QED) is 0.583. The standard InChI is InChI=1S/C8H19N.C8H8O/c1-3-5-7-9-8-6-4-2;1-7(9)8-5-3-2-4-6-8/h9H,3-8H2,1-2H3;2-6H,1H3. The lowest BCUT2D eigenvalue weighted by Crippen LogP contribution is -2.15. The van der Waals surface area contributed by atoms with Gasteiger partial charge in [0.15, 0.2) is 5.78 Å². The van der Waals surface area contributed by atoms with Gasteiger partial charge in [0.2, 0.25) is 0 Å². The van der Waals surface area contributed by atoms with Crippen LogP contribution in [0.2, 0.25) is 0 Å². The van der Waals surface area contributed by atoms with Gasteiger partial charge in [0, 0.05) is 5.56 Å². The largest absolute Gasteiger partial charge is 0.317 e. The summed E-state index contributed by atoms with van der Waals surface area (Å²) in [7, 11) is 0. The van der Waals surface area contributed by atoms with E-state index in [0.29, 0.717) is 0 Å². The number of ketones is 1. The summed E-state index contributed by atoms with van der Waals surface area (Å²) >= 11 is 0. The molecule has 0 spiro atoms. The molecule has 0 saturated heterocycles. The topological polar surface area (TPSA) is 29.1 Å². The van der Waals surface area contributed by atoms with E-state index in [4.69, 9.17) is 0 Å². The molecule has 0 saturated carbocycles. The molecule has 1 N–H and O–H groups in total. The first-order valence-electron chi connectivity index (χ1n) is 6.99. The number of Topliss-reactive ketones (excluding diaryl/α,β-unsaturated/α-hetero) is 1. The molecule has 2 nitrogen and oxygen atoms in total. The lowest BCUT2D eigenvalue weighted by Gasteiger charge is -1.99. The van der Waals surface area contributed by atoms with Crippen molar-refractivity contribution in [2.45, 2.75) is 46.5 Å². The van der Waals surface area contributed by atoms with Crippen molar-refractivity contribution in [2.75, 3.05) is 13.1 Å². The molecule has 102 valence electrons. The highest BCUT2D eigenvalue weighted by Crippen LogP contribution is 1.97. The summed E-state index contributed by atoms with van der Waals surface area (Å²) < 4.78 is 0. The first-order valence-corrected chi connectivity index (χ1v) is 6.99. The Morgan fingerprint density at radius 1 is 1.00 bits per heavy atom. The smallest absolute Gasteiger partial charge is 0.159 e. The molecule has 0 heterocycles. The zero-order chi connectivity index (χ0) is 13.6. The van der Waals surface area contributed by atoms with Crippen molar-refractivity contribution >= 4 is 5.78 Å². The first kappa shape index (κ1) is 16.9. The van der Waals surface area contributed by atoms with Crippen molar-refractivity contribution in [3.63, 3.8) is 0 Å². The molecule has 0 unspecified atom stereocenters. The second kappa shape index (κ2) is 12.3. The normalized spacial score (nSPS) is 9.50. The molecule has 1 aromatic carbocycles. The lowest BCUT2D eigenvalue weighted by atomic mass is 10.2. The SMILES string of the molecule is CC(=O)c1ccccc1.CCCCNCCCC. The lowest BCUT2D eigenvalue weighted by molar-refractivity contribution is 0.101. The highest BCUT2D eigenvalue weighted by Gasteiger charge is 1.92.